The Hall–Kier alpha value is -2.68. The molecule has 0 spiro atoms. The second-order valence-electron chi connectivity index (χ2n) is 8.99. The summed E-state index contributed by atoms with van der Waals surface area (Å²) in [4.78, 5) is 28.0. The molecule has 9 heteroatoms. The largest absolute Gasteiger partial charge is 0.383 e. The molecule has 1 N–H and O–H groups in total. The highest BCUT2D eigenvalue weighted by molar-refractivity contribution is 5.94. The molecule has 1 aliphatic rings. The van der Waals surface area contributed by atoms with Crippen molar-refractivity contribution in [2.24, 2.45) is 5.92 Å². The summed E-state index contributed by atoms with van der Waals surface area (Å²) in [6, 6.07) is 1.57. The minimum absolute atomic E-state index is 0.00233. The van der Waals surface area contributed by atoms with Crippen molar-refractivity contribution in [2.45, 2.75) is 66.6 Å². The van der Waals surface area contributed by atoms with Crippen molar-refractivity contribution in [1.82, 2.24) is 29.8 Å². The highest BCUT2D eigenvalue weighted by Gasteiger charge is 2.32. The monoisotopic (exact) mass is 444 g/mol. The number of nitrogens with zero attached hydrogens (tertiary/aromatic N) is 5. The van der Waals surface area contributed by atoms with Crippen LogP contribution in [-0.4, -0.2) is 63.1 Å². The molecule has 0 saturated heterocycles. The van der Waals surface area contributed by atoms with Crippen molar-refractivity contribution in [3.63, 3.8) is 0 Å². The summed E-state index contributed by atoms with van der Waals surface area (Å²) in [5.74, 6) is 0.321. The number of carbonyl (C=O) groups excluding carboxylic acids is 2. The Bertz CT molecular complexity index is 961. The molecule has 32 heavy (non-hydrogen) atoms. The molecule has 1 unspecified atom stereocenters. The molecule has 2 aromatic rings. The number of amides is 2. The lowest BCUT2D eigenvalue weighted by Gasteiger charge is -2.30. The first-order chi connectivity index (χ1) is 15.2. The zero-order valence-electron chi connectivity index (χ0n) is 20.1. The molecule has 0 saturated carbocycles. The Morgan fingerprint density at radius 3 is 2.59 bits per heavy atom. The number of nitrogens with one attached hydrogen (secondary N) is 1. The first-order valence-electron chi connectivity index (χ1n) is 11.4. The number of methoxy groups -OCH3 is 1. The van der Waals surface area contributed by atoms with Crippen LogP contribution in [0.5, 0.6) is 0 Å². The SMILES string of the molecule is COCCNC(=O)c1nn(CCC(C)C)c2c1CN(C(=O)C(C)n1nc(C)cc1C)CC2. The van der Waals surface area contributed by atoms with Crippen molar-refractivity contribution in [3.8, 4) is 0 Å². The quantitative estimate of drug-likeness (QED) is 0.599. The first-order valence-corrected chi connectivity index (χ1v) is 11.4. The van der Waals surface area contributed by atoms with E-state index in [1.54, 1.807) is 11.8 Å². The molecule has 9 nitrogen and oxygen atoms in total. The second-order valence-corrected chi connectivity index (χ2v) is 8.99. The summed E-state index contributed by atoms with van der Waals surface area (Å²) < 4.78 is 8.78. The van der Waals surface area contributed by atoms with Crippen LogP contribution in [0.3, 0.4) is 0 Å². The van der Waals surface area contributed by atoms with E-state index in [1.807, 2.05) is 36.4 Å². The molecule has 176 valence electrons. The van der Waals surface area contributed by atoms with Gasteiger partial charge in [0, 0.05) is 56.7 Å². The van der Waals surface area contributed by atoms with Crippen molar-refractivity contribution in [2.75, 3.05) is 26.8 Å². The maximum atomic E-state index is 13.3. The lowest BCUT2D eigenvalue weighted by molar-refractivity contribution is -0.135. The highest BCUT2D eigenvalue weighted by atomic mass is 16.5. The van der Waals surface area contributed by atoms with E-state index in [0.717, 1.165) is 35.6 Å². The van der Waals surface area contributed by atoms with Crippen LogP contribution in [0.1, 0.15) is 66.4 Å². The summed E-state index contributed by atoms with van der Waals surface area (Å²) in [6.07, 6.45) is 1.66. The molecule has 0 fully saturated rings. The normalized spacial score (nSPS) is 14.5. The Labute approximate surface area is 190 Å². The summed E-state index contributed by atoms with van der Waals surface area (Å²) in [5.41, 5.74) is 4.18. The molecule has 1 aliphatic heterocycles. The van der Waals surface area contributed by atoms with Gasteiger partial charge in [0.1, 0.15) is 6.04 Å². The lowest BCUT2D eigenvalue weighted by atomic mass is 10.0. The van der Waals surface area contributed by atoms with E-state index in [-0.39, 0.29) is 11.8 Å². The van der Waals surface area contributed by atoms with Crippen LogP contribution in [0.4, 0.5) is 0 Å². The molecule has 1 atom stereocenters. The molecule has 2 aromatic heterocycles. The zero-order chi connectivity index (χ0) is 23.4. The highest BCUT2D eigenvalue weighted by Crippen LogP contribution is 2.26. The second kappa shape index (κ2) is 10.3. The molecule has 0 bridgehead atoms. The van der Waals surface area contributed by atoms with Gasteiger partial charge in [-0.25, -0.2) is 0 Å². The maximum absolute atomic E-state index is 13.3. The van der Waals surface area contributed by atoms with Gasteiger partial charge in [-0.2, -0.15) is 10.2 Å². The number of carbonyl (C=O) groups is 2. The third kappa shape index (κ3) is 5.20. The number of aryl methyl sites for hydroxylation is 3. The van der Waals surface area contributed by atoms with Crippen LogP contribution in [0.25, 0.3) is 0 Å². The summed E-state index contributed by atoms with van der Waals surface area (Å²) in [6.45, 7) is 12.7. The molecular weight excluding hydrogens is 408 g/mol. The first kappa shape index (κ1) is 24.0. The minimum atomic E-state index is -0.403. The Morgan fingerprint density at radius 2 is 1.97 bits per heavy atom. The van der Waals surface area contributed by atoms with Gasteiger partial charge in [-0.1, -0.05) is 13.8 Å². The predicted molar refractivity (Wildman–Crippen MR) is 121 cm³/mol. The average molecular weight is 445 g/mol. The van der Waals surface area contributed by atoms with Crippen LogP contribution >= 0.6 is 0 Å². The van der Waals surface area contributed by atoms with Gasteiger partial charge in [0.25, 0.3) is 5.91 Å². The van der Waals surface area contributed by atoms with Crippen LogP contribution in [-0.2, 0) is 29.0 Å². The number of rotatable bonds is 9. The molecule has 0 aliphatic carbocycles. The molecule has 0 aromatic carbocycles. The molecule has 0 radical (unpaired) electrons. The van der Waals surface area contributed by atoms with Crippen molar-refractivity contribution < 1.29 is 14.3 Å². The smallest absolute Gasteiger partial charge is 0.272 e. The predicted octanol–water partition coefficient (Wildman–Crippen LogP) is 2.26. The van der Waals surface area contributed by atoms with E-state index in [4.69, 9.17) is 4.74 Å². The van der Waals surface area contributed by atoms with Gasteiger partial charge < -0.3 is 15.0 Å². The van der Waals surface area contributed by atoms with Gasteiger partial charge in [0.2, 0.25) is 5.91 Å². The van der Waals surface area contributed by atoms with Gasteiger partial charge in [-0.05, 0) is 39.2 Å². The van der Waals surface area contributed by atoms with Crippen molar-refractivity contribution in [3.05, 3.63) is 34.4 Å². The van der Waals surface area contributed by atoms with E-state index in [9.17, 15) is 9.59 Å². The van der Waals surface area contributed by atoms with Gasteiger partial charge in [0.15, 0.2) is 5.69 Å². The maximum Gasteiger partial charge on any atom is 0.272 e. The Morgan fingerprint density at radius 1 is 1.22 bits per heavy atom. The van der Waals surface area contributed by atoms with E-state index in [2.05, 4.69) is 29.4 Å². The summed E-state index contributed by atoms with van der Waals surface area (Å²) in [7, 11) is 1.60. The third-order valence-electron chi connectivity index (χ3n) is 5.94. The fourth-order valence-electron chi connectivity index (χ4n) is 4.18. The molecule has 3 heterocycles. The Kier molecular flexibility index (Phi) is 7.71. The van der Waals surface area contributed by atoms with Gasteiger partial charge in [-0.3, -0.25) is 19.0 Å². The lowest BCUT2D eigenvalue weighted by Crippen LogP contribution is -2.41. The van der Waals surface area contributed by atoms with Gasteiger partial charge >= 0.3 is 0 Å². The molecule has 2 amide bonds. The number of fused-ring (bicyclic) bond motifs is 1. The fraction of sp³-hybridized carbons (Fsp3) is 0.652. The number of aromatic nitrogens is 4. The van der Waals surface area contributed by atoms with Crippen LogP contribution in [0, 0.1) is 19.8 Å². The third-order valence-corrected chi connectivity index (χ3v) is 5.94. The van der Waals surface area contributed by atoms with Crippen LogP contribution in [0.2, 0.25) is 0 Å². The number of hydrogen-bond donors (Lipinski definition) is 1. The number of ether oxygens (including phenoxy) is 1. The fourth-order valence-corrected chi connectivity index (χ4v) is 4.18. The van der Waals surface area contributed by atoms with Crippen LogP contribution < -0.4 is 5.32 Å². The summed E-state index contributed by atoms with van der Waals surface area (Å²) >= 11 is 0. The molecule has 3 rings (SSSR count). The molecular formula is C23H36N6O3. The number of hydrogen-bond acceptors (Lipinski definition) is 5. The standard InChI is InChI=1S/C23H36N6O3/c1-15(2)7-11-28-20-8-10-27(23(31)18(5)29-17(4)13-16(3)25-29)14-19(20)21(26-28)22(30)24-9-12-32-6/h13,15,18H,7-12,14H2,1-6H3,(H,24,30). The zero-order valence-corrected chi connectivity index (χ0v) is 20.1. The Balaban J connectivity index is 1.84. The van der Waals surface area contributed by atoms with Gasteiger partial charge in [-0.15, -0.1) is 0 Å². The van der Waals surface area contributed by atoms with E-state index >= 15 is 0 Å². The summed E-state index contributed by atoms with van der Waals surface area (Å²) in [5, 5.41) is 12.0. The minimum Gasteiger partial charge on any atom is -0.383 e. The average Bonchev–Trinajstić information content (AvgIpc) is 3.29. The van der Waals surface area contributed by atoms with E-state index in [0.29, 0.717) is 44.3 Å². The van der Waals surface area contributed by atoms with E-state index < -0.39 is 6.04 Å². The van der Waals surface area contributed by atoms with Crippen molar-refractivity contribution in [1.29, 1.82) is 0 Å². The topological polar surface area (TPSA) is 94.3 Å². The van der Waals surface area contributed by atoms with Crippen LogP contribution in [0.15, 0.2) is 6.07 Å². The van der Waals surface area contributed by atoms with Gasteiger partial charge in [0.05, 0.1) is 12.3 Å². The van der Waals surface area contributed by atoms with Crippen molar-refractivity contribution >= 4 is 11.8 Å². The van der Waals surface area contributed by atoms with E-state index in [1.165, 1.54) is 0 Å².